The minimum Gasteiger partial charge on any atom is -0.491 e. The van der Waals surface area contributed by atoms with E-state index in [1.165, 1.54) is 18.2 Å². The Hall–Kier alpha value is -1.92. The molecule has 0 radical (unpaired) electrons. The van der Waals surface area contributed by atoms with Crippen LogP contribution in [0.2, 0.25) is 0 Å². The van der Waals surface area contributed by atoms with Gasteiger partial charge in [-0.1, -0.05) is 6.07 Å². The lowest BCUT2D eigenvalue weighted by molar-refractivity contribution is -0.153. The molecule has 1 aromatic carbocycles. The van der Waals surface area contributed by atoms with Crippen molar-refractivity contribution in [2.45, 2.75) is 6.18 Å². The van der Waals surface area contributed by atoms with E-state index in [0.717, 1.165) is 0 Å². The van der Waals surface area contributed by atoms with E-state index in [1.807, 2.05) is 0 Å². The zero-order valence-corrected chi connectivity index (χ0v) is 7.78. The Balaban J connectivity index is 2.33. The Morgan fingerprint density at radius 1 is 1.38 bits per heavy atom. The van der Waals surface area contributed by atoms with Crippen LogP contribution in [0.5, 0.6) is 11.6 Å². The molecular weight excluding hydrogens is 227 g/mol. The molecule has 2 aromatic rings. The molecule has 2 rings (SSSR count). The van der Waals surface area contributed by atoms with Crippen molar-refractivity contribution < 1.29 is 27.5 Å². The Labute approximate surface area is 87.2 Å². The maximum Gasteiger partial charge on any atom is 0.422 e. The molecule has 0 saturated heterocycles. The van der Waals surface area contributed by atoms with E-state index in [4.69, 9.17) is 0 Å². The van der Waals surface area contributed by atoms with E-state index in [-0.39, 0.29) is 16.7 Å². The fourth-order valence-corrected chi connectivity index (χ4v) is 1.23. The zero-order valence-electron chi connectivity index (χ0n) is 7.78. The highest BCUT2D eigenvalue weighted by Gasteiger charge is 2.29. The number of hydrogen-bond acceptors (Lipinski definition) is 4. The first kappa shape index (κ1) is 10.6. The van der Waals surface area contributed by atoms with E-state index in [0.29, 0.717) is 0 Å². The second-order valence-corrected chi connectivity index (χ2v) is 3.04. The summed E-state index contributed by atoms with van der Waals surface area (Å²) in [7, 11) is 0. The third-order valence-corrected chi connectivity index (χ3v) is 1.83. The number of aromatic nitrogens is 1. The van der Waals surface area contributed by atoms with Crippen molar-refractivity contribution >= 4 is 11.0 Å². The van der Waals surface area contributed by atoms with E-state index < -0.39 is 18.7 Å². The standard InChI is InChI=1S/C9H6F3NO3/c10-9(11,12)4-15-5-2-1-3-6-7(5)8(14)13-16-6/h1-3H,4H2,(H,13,14). The summed E-state index contributed by atoms with van der Waals surface area (Å²) in [4.78, 5) is 0. The lowest BCUT2D eigenvalue weighted by Gasteiger charge is -2.09. The number of benzene rings is 1. The van der Waals surface area contributed by atoms with Gasteiger partial charge in [0, 0.05) is 0 Å². The number of fused-ring (bicyclic) bond motifs is 1. The van der Waals surface area contributed by atoms with Gasteiger partial charge in [-0.25, -0.2) is 0 Å². The summed E-state index contributed by atoms with van der Waals surface area (Å²) in [6, 6.07) is 4.20. The lowest BCUT2D eigenvalue weighted by Crippen LogP contribution is -2.19. The molecule has 1 heterocycles. The number of rotatable bonds is 2. The summed E-state index contributed by atoms with van der Waals surface area (Å²) < 4.78 is 45.0. The maximum atomic E-state index is 11.9. The SMILES string of the molecule is Oc1noc2cccc(OCC(F)(F)F)c12. The van der Waals surface area contributed by atoms with Gasteiger partial charge in [-0.15, -0.1) is 0 Å². The van der Waals surface area contributed by atoms with E-state index in [9.17, 15) is 18.3 Å². The van der Waals surface area contributed by atoms with Crippen molar-refractivity contribution in [2.24, 2.45) is 0 Å². The molecule has 0 saturated carbocycles. The Bertz CT molecular complexity index is 506. The normalized spacial score (nSPS) is 11.9. The average molecular weight is 233 g/mol. The van der Waals surface area contributed by atoms with Crippen LogP contribution in [0.4, 0.5) is 13.2 Å². The van der Waals surface area contributed by atoms with Gasteiger partial charge >= 0.3 is 6.18 Å². The van der Waals surface area contributed by atoms with Gasteiger partial charge in [-0.2, -0.15) is 13.2 Å². The summed E-state index contributed by atoms with van der Waals surface area (Å²) in [6.45, 7) is -1.43. The van der Waals surface area contributed by atoms with Gasteiger partial charge in [0.1, 0.15) is 11.1 Å². The Kier molecular flexibility index (Phi) is 2.37. The van der Waals surface area contributed by atoms with Crippen LogP contribution < -0.4 is 4.74 Å². The Morgan fingerprint density at radius 2 is 2.12 bits per heavy atom. The van der Waals surface area contributed by atoms with Crippen LogP contribution in [0.25, 0.3) is 11.0 Å². The third-order valence-electron chi connectivity index (χ3n) is 1.83. The smallest absolute Gasteiger partial charge is 0.422 e. The summed E-state index contributed by atoms with van der Waals surface area (Å²) in [5.74, 6) is -0.610. The van der Waals surface area contributed by atoms with Crippen LogP contribution in [-0.2, 0) is 0 Å². The van der Waals surface area contributed by atoms with Crippen molar-refractivity contribution in [1.29, 1.82) is 0 Å². The minimum atomic E-state index is -4.44. The van der Waals surface area contributed by atoms with Gasteiger partial charge in [-0.3, -0.25) is 0 Å². The minimum absolute atomic E-state index is 0.0340. The average Bonchev–Trinajstić information content (AvgIpc) is 2.57. The summed E-state index contributed by atoms with van der Waals surface area (Å²) in [6.07, 6.45) is -4.44. The highest BCUT2D eigenvalue weighted by atomic mass is 19.4. The largest absolute Gasteiger partial charge is 0.491 e. The van der Waals surface area contributed by atoms with Gasteiger partial charge in [-0.05, 0) is 17.3 Å². The number of aromatic hydroxyl groups is 1. The predicted octanol–water partition coefficient (Wildman–Crippen LogP) is 2.47. The molecule has 0 atom stereocenters. The van der Waals surface area contributed by atoms with Crippen LogP contribution in [0, 0.1) is 0 Å². The first-order chi connectivity index (χ1) is 7.47. The highest BCUT2D eigenvalue weighted by Crippen LogP contribution is 2.33. The molecule has 0 spiro atoms. The zero-order chi connectivity index (χ0) is 11.8. The molecule has 0 aliphatic heterocycles. The molecule has 0 unspecified atom stereocenters. The molecule has 7 heteroatoms. The van der Waals surface area contributed by atoms with Crippen molar-refractivity contribution in [2.75, 3.05) is 6.61 Å². The molecule has 0 aliphatic rings. The van der Waals surface area contributed by atoms with Crippen molar-refractivity contribution in [3.05, 3.63) is 18.2 Å². The van der Waals surface area contributed by atoms with E-state index >= 15 is 0 Å². The van der Waals surface area contributed by atoms with Gasteiger partial charge in [0.2, 0.25) is 0 Å². The van der Waals surface area contributed by atoms with Crippen LogP contribution in [0.15, 0.2) is 22.7 Å². The first-order valence-corrected chi connectivity index (χ1v) is 4.24. The van der Waals surface area contributed by atoms with Crippen LogP contribution in [0.3, 0.4) is 0 Å². The maximum absolute atomic E-state index is 11.9. The predicted molar refractivity (Wildman–Crippen MR) is 47.2 cm³/mol. The monoisotopic (exact) mass is 233 g/mol. The van der Waals surface area contributed by atoms with Gasteiger partial charge < -0.3 is 14.4 Å². The van der Waals surface area contributed by atoms with Crippen molar-refractivity contribution in [1.82, 2.24) is 5.16 Å². The molecule has 1 N–H and O–H groups in total. The second kappa shape index (κ2) is 3.58. The topological polar surface area (TPSA) is 55.5 Å². The molecule has 0 fully saturated rings. The Morgan fingerprint density at radius 3 is 2.81 bits per heavy atom. The fraction of sp³-hybridized carbons (Fsp3) is 0.222. The molecule has 0 bridgehead atoms. The third kappa shape index (κ3) is 2.02. The number of ether oxygens (including phenoxy) is 1. The van der Waals surface area contributed by atoms with Crippen LogP contribution >= 0.6 is 0 Å². The number of nitrogens with zero attached hydrogens (tertiary/aromatic N) is 1. The van der Waals surface area contributed by atoms with Gasteiger partial charge in [0.05, 0.1) is 0 Å². The molecule has 4 nitrogen and oxygen atoms in total. The van der Waals surface area contributed by atoms with E-state index in [2.05, 4.69) is 14.4 Å². The number of hydrogen-bond donors (Lipinski definition) is 1. The number of alkyl halides is 3. The number of halogens is 3. The van der Waals surface area contributed by atoms with Crippen molar-refractivity contribution in [3.8, 4) is 11.6 Å². The molecule has 16 heavy (non-hydrogen) atoms. The highest BCUT2D eigenvalue weighted by molar-refractivity contribution is 5.88. The molecular formula is C9H6F3NO3. The van der Waals surface area contributed by atoms with E-state index in [1.54, 1.807) is 0 Å². The quantitative estimate of drug-likeness (QED) is 0.865. The van der Waals surface area contributed by atoms with Crippen LogP contribution in [0.1, 0.15) is 0 Å². The lowest BCUT2D eigenvalue weighted by atomic mass is 10.2. The summed E-state index contributed by atoms with van der Waals surface area (Å²) in [5, 5.41) is 12.5. The fourth-order valence-electron chi connectivity index (χ4n) is 1.23. The van der Waals surface area contributed by atoms with Gasteiger partial charge in [0.25, 0.3) is 5.88 Å². The van der Waals surface area contributed by atoms with Gasteiger partial charge in [0.15, 0.2) is 12.2 Å². The molecule has 0 amide bonds. The second-order valence-electron chi connectivity index (χ2n) is 3.04. The molecule has 0 aliphatic carbocycles. The summed E-state index contributed by atoms with van der Waals surface area (Å²) in [5.41, 5.74) is 0.164. The van der Waals surface area contributed by atoms with Crippen molar-refractivity contribution in [3.63, 3.8) is 0 Å². The molecule has 86 valence electrons. The van der Waals surface area contributed by atoms with Crippen LogP contribution in [-0.4, -0.2) is 23.0 Å². The summed E-state index contributed by atoms with van der Waals surface area (Å²) >= 11 is 0. The molecule has 1 aromatic heterocycles. The first-order valence-electron chi connectivity index (χ1n) is 4.24.